The van der Waals surface area contributed by atoms with Gasteiger partial charge in [0.15, 0.2) is 0 Å². The minimum atomic E-state index is -0.629. The first-order valence-corrected chi connectivity index (χ1v) is 5.20. The van der Waals surface area contributed by atoms with Crippen molar-refractivity contribution in [1.29, 1.82) is 0 Å². The SMILES string of the molecule is C1CN2CC[N-]P([N-]1)[N-]CC2.[Li+].[Li+].[Li+]. The normalized spacial score (nSPS) is 30.9. The summed E-state index contributed by atoms with van der Waals surface area (Å²) >= 11 is 0. The van der Waals surface area contributed by atoms with Gasteiger partial charge in [-0.1, -0.05) is 0 Å². The first-order chi connectivity index (χ1) is 5.45. The zero-order chi connectivity index (χ0) is 7.52. The third kappa shape index (κ3) is 5.96. The van der Waals surface area contributed by atoms with Gasteiger partial charge >= 0.3 is 56.6 Å². The molecule has 64 valence electrons. The molecule has 2 bridgehead atoms. The van der Waals surface area contributed by atoms with Crippen LogP contribution in [0.4, 0.5) is 0 Å². The Morgan fingerprint density at radius 2 is 1.07 bits per heavy atom. The van der Waals surface area contributed by atoms with Gasteiger partial charge in [0.05, 0.1) is 0 Å². The van der Waals surface area contributed by atoms with Crippen molar-refractivity contribution < 1.29 is 56.6 Å². The minimum absolute atomic E-state index is 0. The Morgan fingerprint density at radius 1 is 0.714 bits per heavy atom. The zero-order valence-electron chi connectivity index (χ0n) is 9.48. The summed E-state index contributed by atoms with van der Waals surface area (Å²) in [6, 6.07) is 0. The second-order valence-corrected chi connectivity index (χ2v) is 4.09. The van der Waals surface area contributed by atoms with Crippen molar-refractivity contribution in [3.63, 3.8) is 0 Å². The van der Waals surface area contributed by atoms with E-state index in [-0.39, 0.29) is 56.6 Å². The molecule has 3 aliphatic heterocycles. The van der Waals surface area contributed by atoms with Gasteiger partial charge in [-0.2, -0.15) is 0 Å². The van der Waals surface area contributed by atoms with E-state index in [0.717, 1.165) is 39.3 Å². The fourth-order valence-corrected chi connectivity index (χ4v) is 2.37. The molecule has 3 fully saturated rings. The minimum Gasteiger partial charge on any atom is -0.671 e. The molecule has 0 spiro atoms. The molecule has 0 aromatic heterocycles. The summed E-state index contributed by atoms with van der Waals surface area (Å²) in [5.41, 5.74) is 0. The molecule has 4 nitrogen and oxygen atoms in total. The van der Waals surface area contributed by atoms with Crippen molar-refractivity contribution in [2.75, 3.05) is 39.3 Å². The first-order valence-electron chi connectivity index (χ1n) is 4.00. The van der Waals surface area contributed by atoms with Crippen molar-refractivity contribution in [2.45, 2.75) is 0 Å². The van der Waals surface area contributed by atoms with Crippen LogP contribution in [0.25, 0.3) is 15.3 Å². The molecular weight excluding hydrogens is 180 g/mol. The van der Waals surface area contributed by atoms with Crippen molar-refractivity contribution in [2.24, 2.45) is 0 Å². The monoisotopic (exact) mass is 192 g/mol. The maximum Gasteiger partial charge on any atom is 1.00 e. The van der Waals surface area contributed by atoms with Crippen molar-refractivity contribution in [1.82, 2.24) is 4.90 Å². The molecule has 8 heteroatoms. The Balaban J connectivity index is 0. The number of hydrogen-bond donors (Lipinski definition) is 0. The van der Waals surface area contributed by atoms with E-state index in [1.807, 2.05) is 0 Å². The third-order valence-corrected chi connectivity index (χ3v) is 3.29. The van der Waals surface area contributed by atoms with E-state index in [9.17, 15) is 0 Å². The van der Waals surface area contributed by atoms with E-state index >= 15 is 0 Å². The Labute approximate surface area is 124 Å². The van der Waals surface area contributed by atoms with Gasteiger partial charge in [0.1, 0.15) is 0 Å². The maximum atomic E-state index is 4.39. The zero-order valence-corrected chi connectivity index (χ0v) is 10.4. The molecule has 0 unspecified atom stereocenters. The Hall–Kier alpha value is 2.06. The van der Waals surface area contributed by atoms with Gasteiger partial charge in [-0.3, -0.25) is 0 Å². The van der Waals surface area contributed by atoms with Gasteiger partial charge < -0.3 is 28.5 Å². The molecule has 3 aliphatic rings. The van der Waals surface area contributed by atoms with Crippen LogP contribution in [0.3, 0.4) is 0 Å². The molecule has 0 aromatic carbocycles. The third-order valence-electron chi connectivity index (χ3n) is 1.93. The van der Waals surface area contributed by atoms with E-state index in [1.54, 1.807) is 0 Å². The van der Waals surface area contributed by atoms with Crippen LogP contribution in [0.5, 0.6) is 0 Å². The van der Waals surface area contributed by atoms with Crippen molar-refractivity contribution in [3.05, 3.63) is 15.3 Å². The summed E-state index contributed by atoms with van der Waals surface area (Å²) in [4.78, 5) is 2.39. The molecule has 0 saturated carbocycles. The van der Waals surface area contributed by atoms with Gasteiger partial charge in [0.2, 0.25) is 0 Å². The van der Waals surface area contributed by atoms with E-state index in [4.69, 9.17) is 0 Å². The molecule has 0 aromatic rings. The predicted molar refractivity (Wildman–Crippen MR) is 48.0 cm³/mol. The fraction of sp³-hybridized carbons (Fsp3) is 1.00. The van der Waals surface area contributed by atoms with Crippen molar-refractivity contribution in [3.8, 4) is 0 Å². The molecule has 0 N–H and O–H groups in total. The average molecular weight is 192 g/mol. The van der Waals surface area contributed by atoms with E-state index in [1.165, 1.54) is 0 Å². The summed E-state index contributed by atoms with van der Waals surface area (Å²) in [5.74, 6) is 0. The van der Waals surface area contributed by atoms with Crippen LogP contribution in [0.15, 0.2) is 0 Å². The van der Waals surface area contributed by atoms with Crippen LogP contribution < -0.4 is 56.6 Å². The summed E-state index contributed by atoms with van der Waals surface area (Å²) in [6.45, 7) is 6.13. The number of hydrogen-bond acceptors (Lipinski definition) is 1. The topological polar surface area (TPSA) is 45.5 Å². The number of nitrogens with zero attached hydrogens (tertiary/aromatic N) is 4. The standard InChI is InChI=1S/C6H12N4P.3Li/c1-4-10-5-2-8-11(7-1)9-3-6-10;;;/h1-6H2;;;/q-3;3*+1. The van der Waals surface area contributed by atoms with Gasteiger partial charge in [0, 0.05) is 0 Å². The molecule has 3 heterocycles. The van der Waals surface area contributed by atoms with E-state index in [0.29, 0.717) is 0 Å². The molecule has 0 aliphatic carbocycles. The van der Waals surface area contributed by atoms with Crippen LogP contribution in [0.2, 0.25) is 0 Å². The molecule has 0 atom stereocenters. The Kier molecular flexibility index (Phi) is 13.5. The van der Waals surface area contributed by atoms with Crippen LogP contribution in [-0.2, 0) is 0 Å². The quantitative estimate of drug-likeness (QED) is 0.278. The van der Waals surface area contributed by atoms with Gasteiger partial charge in [-0.25, -0.2) is 0 Å². The summed E-state index contributed by atoms with van der Waals surface area (Å²) in [5, 5.41) is 13.2. The summed E-state index contributed by atoms with van der Waals surface area (Å²) < 4.78 is 0. The Morgan fingerprint density at radius 3 is 1.43 bits per heavy atom. The molecule has 3 rings (SSSR count). The smallest absolute Gasteiger partial charge is 0.671 e. The summed E-state index contributed by atoms with van der Waals surface area (Å²) in [7, 11) is -0.629. The molecule has 0 radical (unpaired) electrons. The van der Waals surface area contributed by atoms with Crippen LogP contribution >= 0.6 is 8.37 Å². The number of fused-ring (bicyclic) bond motifs is 6. The van der Waals surface area contributed by atoms with Crippen molar-refractivity contribution >= 4 is 8.37 Å². The van der Waals surface area contributed by atoms with Gasteiger partial charge in [-0.15, -0.1) is 19.6 Å². The average Bonchev–Trinajstić information content (AvgIpc) is 1.80. The predicted octanol–water partition coefficient (Wildman–Crippen LogP) is -7.32. The largest absolute Gasteiger partial charge is 1.00 e. The molecule has 14 heavy (non-hydrogen) atoms. The van der Waals surface area contributed by atoms with Crippen LogP contribution in [0, 0.1) is 0 Å². The first kappa shape index (κ1) is 18.4. The molecule has 3 saturated heterocycles. The molecular formula is C6H12Li3N4P. The fourth-order valence-electron chi connectivity index (χ4n) is 1.30. The van der Waals surface area contributed by atoms with E-state index < -0.39 is 8.37 Å². The van der Waals surface area contributed by atoms with Gasteiger partial charge in [0.25, 0.3) is 0 Å². The van der Waals surface area contributed by atoms with Crippen LogP contribution in [0.1, 0.15) is 0 Å². The van der Waals surface area contributed by atoms with Gasteiger partial charge in [-0.05, 0) is 19.6 Å². The molecule has 0 amide bonds. The van der Waals surface area contributed by atoms with Crippen LogP contribution in [-0.4, -0.2) is 44.2 Å². The van der Waals surface area contributed by atoms with E-state index in [2.05, 4.69) is 20.2 Å². The Bertz CT molecular complexity index is 106. The summed E-state index contributed by atoms with van der Waals surface area (Å²) in [6.07, 6.45) is 0. The number of rotatable bonds is 0. The second-order valence-electron chi connectivity index (χ2n) is 2.71. The maximum absolute atomic E-state index is 4.39. The second kappa shape index (κ2) is 10.2.